The number of aliphatic hydroxyl groups is 1. The molecular weight excluding hydrogens is 456 g/mol. The lowest BCUT2D eigenvalue weighted by molar-refractivity contribution is -0.217. The van der Waals surface area contributed by atoms with Gasteiger partial charge in [-0.2, -0.15) is 0 Å². The van der Waals surface area contributed by atoms with Crippen LogP contribution in [0.1, 0.15) is 11.1 Å². The molecule has 34 heavy (non-hydrogen) atoms. The molecule has 3 aromatic heterocycles. The number of fused-ring (bicyclic) bond motifs is 2. The van der Waals surface area contributed by atoms with Gasteiger partial charge in [-0.1, -0.05) is 41.1 Å². The van der Waals surface area contributed by atoms with Crippen molar-refractivity contribution in [2.75, 3.05) is 13.2 Å². The van der Waals surface area contributed by atoms with Gasteiger partial charge in [0.15, 0.2) is 5.65 Å². The lowest BCUT2D eigenvalue weighted by Gasteiger charge is -2.13. The summed E-state index contributed by atoms with van der Waals surface area (Å²) in [4.78, 5) is 13.8. The van der Waals surface area contributed by atoms with E-state index < -0.39 is 5.90 Å². The molecular formula is C24H18ClN6O3-. The molecule has 170 valence electrons. The molecule has 0 amide bonds. The molecule has 0 radical (unpaired) electrons. The molecule has 1 N–H and O–H groups in total. The van der Waals surface area contributed by atoms with Crippen molar-refractivity contribution in [3.8, 4) is 11.3 Å². The first kappa shape index (κ1) is 21.7. The van der Waals surface area contributed by atoms with Crippen molar-refractivity contribution in [3.05, 3.63) is 83.0 Å². The van der Waals surface area contributed by atoms with Crippen LogP contribution in [0.4, 0.5) is 0 Å². The predicted molar refractivity (Wildman–Crippen MR) is 126 cm³/mol. The summed E-state index contributed by atoms with van der Waals surface area (Å²) in [6.45, 7) is 0.200. The summed E-state index contributed by atoms with van der Waals surface area (Å²) >= 11 is 6.32. The monoisotopic (exact) mass is 473 g/mol. The van der Waals surface area contributed by atoms with E-state index in [1.54, 1.807) is 29.1 Å². The van der Waals surface area contributed by atoms with Gasteiger partial charge in [0.1, 0.15) is 12.1 Å². The highest BCUT2D eigenvalue weighted by atomic mass is 35.5. The molecule has 0 aliphatic rings. The van der Waals surface area contributed by atoms with E-state index in [9.17, 15) is 5.11 Å². The van der Waals surface area contributed by atoms with Crippen LogP contribution in [0.3, 0.4) is 0 Å². The van der Waals surface area contributed by atoms with E-state index >= 15 is 0 Å². The van der Waals surface area contributed by atoms with Crippen LogP contribution in [0, 0.1) is 0 Å². The topological polar surface area (TPSA) is 121 Å². The van der Waals surface area contributed by atoms with Gasteiger partial charge in [-0.25, -0.2) is 9.67 Å². The number of benzene rings is 2. The van der Waals surface area contributed by atoms with Crippen LogP contribution in [-0.2, 0) is 11.4 Å². The van der Waals surface area contributed by atoms with E-state index in [0.29, 0.717) is 23.4 Å². The Labute approximate surface area is 198 Å². The maximum Gasteiger partial charge on any atom is 0.179 e. The second kappa shape index (κ2) is 9.42. The maximum absolute atomic E-state index is 12.1. The van der Waals surface area contributed by atoms with Gasteiger partial charge in [0.05, 0.1) is 24.4 Å². The number of aliphatic hydroxyl groups excluding tert-OH is 1. The van der Waals surface area contributed by atoms with E-state index in [-0.39, 0.29) is 23.8 Å². The van der Waals surface area contributed by atoms with Gasteiger partial charge in [-0.3, -0.25) is 4.98 Å². The van der Waals surface area contributed by atoms with Gasteiger partial charge < -0.3 is 15.1 Å². The Hall–Kier alpha value is -4.08. The molecule has 5 rings (SSSR count). The Morgan fingerprint density at radius 1 is 1.09 bits per heavy atom. The number of pyridine rings is 2. The number of rotatable bonds is 7. The molecule has 3 heterocycles. The molecule has 0 saturated carbocycles. The van der Waals surface area contributed by atoms with Crippen molar-refractivity contribution in [1.29, 1.82) is 0 Å². The SMILES string of the molecule is [O-]/C(=N\OCCO)c1ccc(-c2ccc3nnn(Cc4ccc5ncccc5c4)c3n2)cc1Cl. The number of hydrogen-bond donors (Lipinski definition) is 1. The van der Waals surface area contributed by atoms with Crippen LogP contribution in [0.2, 0.25) is 5.02 Å². The van der Waals surface area contributed by atoms with Gasteiger partial charge in [0, 0.05) is 33.6 Å². The third-order valence-electron chi connectivity index (χ3n) is 5.18. The first-order valence-electron chi connectivity index (χ1n) is 10.4. The lowest BCUT2D eigenvalue weighted by Crippen LogP contribution is -2.20. The van der Waals surface area contributed by atoms with Crippen LogP contribution in [-0.4, -0.2) is 49.2 Å². The fraction of sp³-hybridized carbons (Fsp3) is 0.125. The number of halogens is 1. The summed E-state index contributed by atoms with van der Waals surface area (Å²) in [5.41, 5.74) is 4.87. The quantitative estimate of drug-likeness (QED) is 0.167. The first-order chi connectivity index (χ1) is 16.6. The highest BCUT2D eigenvalue weighted by Gasteiger charge is 2.11. The fourth-order valence-electron chi connectivity index (χ4n) is 3.56. The number of oxime groups is 1. The third-order valence-corrected chi connectivity index (χ3v) is 5.50. The Balaban J connectivity index is 1.44. The average molecular weight is 474 g/mol. The summed E-state index contributed by atoms with van der Waals surface area (Å²) in [6, 6.07) is 18.6. The van der Waals surface area contributed by atoms with Crippen molar-refractivity contribution in [2.45, 2.75) is 6.54 Å². The zero-order chi connectivity index (χ0) is 23.5. The number of aromatic nitrogens is 5. The lowest BCUT2D eigenvalue weighted by atomic mass is 10.1. The molecule has 0 bridgehead atoms. The van der Waals surface area contributed by atoms with Crippen LogP contribution in [0.25, 0.3) is 33.3 Å². The van der Waals surface area contributed by atoms with E-state index in [4.69, 9.17) is 26.5 Å². The third kappa shape index (κ3) is 4.39. The predicted octanol–water partition coefficient (Wildman–Crippen LogP) is 2.77. The fourth-order valence-corrected chi connectivity index (χ4v) is 3.82. The van der Waals surface area contributed by atoms with Crippen molar-refractivity contribution in [2.24, 2.45) is 5.16 Å². The minimum absolute atomic E-state index is 0.0663. The van der Waals surface area contributed by atoms with Crippen molar-refractivity contribution >= 4 is 39.6 Å². The number of nitrogens with zero attached hydrogens (tertiary/aromatic N) is 6. The maximum atomic E-state index is 12.1. The second-order valence-corrected chi connectivity index (χ2v) is 7.87. The molecule has 0 saturated heterocycles. The van der Waals surface area contributed by atoms with E-state index in [1.807, 2.05) is 36.4 Å². The van der Waals surface area contributed by atoms with Gasteiger partial charge in [-0.15, -0.1) is 10.3 Å². The van der Waals surface area contributed by atoms with Crippen molar-refractivity contribution in [1.82, 2.24) is 25.0 Å². The smallest absolute Gasteiger partial charge is 0.179 e. The minimum atomic E-state index is -0.624. The molecule has 2 aromatic carbocycles. The molecule has 0 aliphatic carbocycles. The highest BCUT2D eigenvalue weighted by molar-refractivity contribution is 6.33. The molecule has 0 spiro atoms. The Bertz CT molecular complexity index is 1520. The summed E-state index contributed by atoms with van der Waals surface area (Å²) in [5.74, 6) is -0.624. The Kier molecular flexibility index (Phi) is 6.03. The van der Waals surface area contributed by atoms with E-state index in [1.165, 1.54) is 0 Å². The van der Waals surface area contributed by atoms with Crippen LogP contribution < -0.4 is 5.11 Å². The first-order valence-corrected chi connectivity index (χ1v) is 10.8. The Morgan fingerprint density at radius 2 is 1.97 bits per heavy atom. The van der Waals surface area contributed by atoms with Gasteiger partial charge in [0.25, 0.3) is 0 Å². The molecule has 0 aliphatic heterocycles. The second-order valence-electron chi connectivity index (χ2n) is 7.46. The van der Waals surface area contributed by atoms with Crippen LogP contribution in [0.15, 0.2) is 72.0 Å². The zero-order valence-corrected chi connectivity index (χ0v) is 18.6. The van der Waals surface area contributed by atoms with Crippen LogP contribution in [0.5, 0.6) is 0 Å². The summed E-state index contributed by atoms with van der Waals surface area (Å²) in [5, 5.41) is 34.1. The van der Waals surface area contributed by atoms with Gasteiger partial charge >= 0.3 is 0 Å². The molecule has 0 unspecified atom stereocenters. The van der Waals surface area contributed by atoms with E-state index in [0.717, 1.165) is 22.0 Å². The van der Waals surface area contributed by atoms with Gasteiger partial charge in [0.2, 0.25) is 0 Å². The van der Waals surface area contributed by atoms with Crippen molar-refractivity contribution < 1.29 is 15.1 Å². The molecule has 10 heteroatoms. The molecule has 0 fully saturated rings. The average Bonchev–Trinajstić information content (AvgIpc) is 3.26. The highest BCUT2D eigenvalue weighted by Crippen LogP contribution is 2.26. The Morgan fingerprint density at radius 3 is 2.82 bits per heavy atom. The molecule has 9 nitrogen and oxygen atoms in total. The van der Waals surface area contributed by atoms with Crippen LogP contribution >= 0.6 is 11.6 Å². The standard InChI is InChI=1S/C24H19ClN6O3/c25-19-13-17(4-5-18(19)24(33)29-34-11-10-32)21-7-8-22-23(27-21)31(30-28-22)14-15-3-6-20-16(12-15)2-1-9-26-20/h1-9,12-13,32H,10-11,14H2,(H,29,33)/p-1. The zero-order valence-electron chi connectivity index (χ0n) is 17.8. The summed E-state index contributed by atoms with van der Waals surface area (Å²) in [6.07, 6.45) is 1.77. The van der Waals surface area contributed by atoms with Crippen molar-refractivity contribution in [3.63, 3.8) is 0 Å². The molecule has 5 aromatic rings. The van der Waals surface area contributed by atoms with E-state index in [2.05, 4.69) is 26.5 Å². The van der Waals surface area contributed by atoms with Gasteiger partial charge in [-0.05, 0) is 42.0 Å². The number of hydrogen-bond acceptors (Lipinski definition) is 8. The largest absolute Gasteiger partial charge is 0.856 e. The molecule has 0 atom stereocenters. The minimum Gasteiger partial charge on any atom is -0.856 e. The summed E-state index contributed by atoms with van der Waals surface area (Å²) in [7, 11) is 0. The summed E-state index contributed by atoms with van der Waals surface area (Å²) < 4.78 is 1.74. The normalized spacial score (nSPS) is 11.9.